The van der Waals surface area contributed by atoms with E-state index in [0.717, 1.165) is 16.6 Å². The van der Waals surface area contributed by atoms with E-state index in [1.165, 1.54) is 6.07 Å². The Morgan fingerprint density at radius 2 is 2.07 bits per heavy atom. The molecule has 0 unspecified atom stereocenters. The molecular formula is C11H11NO2. The fourth-order valence-electron chi connectivity index (χ4n) is 1.48. The number of hydrogen-bond acceptors (Lipinski definition) is 3. The van der Waals surface area contributed by atoms with Gasteiger partial charge in [0.25, 0.3) is 0 Å². The molecule has 14 heavy (non-hydrogen) atoms. The number of rotatable bonds is 1. The lowest BCUT2D eigenvalue weighted by Gasteiger charge is -2.03. The molecule has 1 heterocycles. The lowest BCUT2D eigenvalue weighted by molar-refractivity contribution is 0.560. The van der Waals surface area contributed by atoms with Crippen LogP contribution in [0.15, 0.2) is 33.5 Å². The Balaban J connectivity index is 2.82. The van der Waals surface area contributed by atoms with Gasteiger partial charge in [-0.1, -0.05) is 0 Å². The number of anilines is 1. The third-order valence-electron chi connectivity index (χ3n) is 2.24. The van der Waals surface area contributed by atoms with E-state index in [1.54, 1.807) is 0 Å². The first-order valence-electron chi connectivity index (χ1n) is 4.43. The van der Waals surface area contributed by atoms with Crippen molar-refractivity contribution in [1.29, 1.82) is 0 Å². The maximum Gasteiger partial charge on any atom is 0.336 e. The third-order valence-corrected chi connectivity index (χ3v) is 2.24. The molecule has 72 valence electrons. The molecule has 0 amide bonds. The van der Waals surface area contributed by atoms with Gasteiger partial charge in [0.1, 0.15) is 5.58 Å². The zero-order valence-corrected chi connectivity index (χ0v) is 8.13. The summed E-state index contributed by atoms with van der Waals surface area (Å²) in [5.74, 6) is 0. The topological polar surface area (TPSA) is 42.2 Å². The van der Waals surface area contributed by atoms with E-state index in [1.807, 2.05) is 32.2 Å². The maximum absolute atomic E-state index is 11.1. The molecule has 2 rings (SSSR count). The van der Waals surface area contributed by atoms with E-state index in [2.05, 4.69) is 5.32 Å². The lowest BCUT2D eigenvalue weighted by atomic mass is 10.1. The van der Waals surface area contributed by atoms with Gasteiger partial charge in [-0.05, 0) is 24.6 Å². The highest BCUT2D eigenvalue weighted by Gasteiger charge is 2.01. The summed E-state index contributed by atoms with van der Waals surface area (Å²) in [6.45, 7) is 1.90. The second kappa shape index (κ2) is 3.18. The van der Waals surface area contributed by atoms with Crippen molar-refractivity contribution in [2.75, 3.05) is 12.4 Å². The number of nitrogens with one attached hydrogen (secondary N) is 1. The Labute approximate surface area is 81.4 Å². The quantitative estimate of drug-likeness (QED) is 0.699. The van der Waals surface area contributed by atoms with Crippen molar-refractivity contribution in [3.63, 3.8) is 0 Å². The van der Waals surface area contributed by atoms with E-state index in [4.69, 9.17) is 4.42 Å². The first kappa shape index (κ1) is 8.81. The average Bonchev–Trinajstić information content (AvgIpc) is 2.16. The molecule has 1 aromatic heterocycles. The summed E-state index contributed by atoms with van der Waals surface area (Å²) in [5, 5.41) is 3.97. The zero-order chi connectivity index (χ0) is 10.1. The third kappa shape index (κ3) is 1.37. The molecule has 1 aromatic carbocycles. The molecule has 3 nitrogen and oxygen atoms in total. The summed E-state index contributed by atoms with van der Waals surface area (Å²) in [6, 6.07) is 7.22. The Hall–Kier alpha value is -1.77. The van der Waals surface area contributed by atoms with Gasteiger partial charge in [0, 0.05) is 30.3 Å². The molecule has 1 N–H and O–H groups in total. The van der Waals surface area contributed by atoms with Gasteiger partial charge in [0.15, 0.2) is 0 Å². The van der Waals surface area contributed by atoms with E-state index in [0.29, 0.717) is 5.58 Å². The van der Waals surface area contributed by atoms with E-state index in [-0.39, 0.29) is 5.63 Å². The molecule has 0 aliphatic rings. The maximum atomic E-state index is 11.1. The molecule has 0 aliphatic carbocycles. The first-order valence-corrected chi connectivity index (χ1v) is 4.43. The van der Waals surface area contributed by atoms with Crippen LogP contribution in [0, 0.1) is 6.92 Å². The molecule has 3 heteroatoms. The normalized spacial score (nSPS) is 10.4. The summed E-state index contributed by atoms with van der Waals surface area (Å²) in [5.41, 5.74) is 2.20. The zero-order valence-electron chi connectivity index (χ0n) is 8.13. The van der Waals surface area contributed by atoms with Crippen molar-refractivity contribution < 1.29 is 4.42 Å². The Bertz CT molecular complexity index is 528. The number of benzene rings is 1. The Kier molecular flexibility index (Phi) is 2.00. The predicted molar refractivity (Wildman–Crippen MR) is 56.8 cm³/mol. The highest BCUT2D eigenvalue weighted by atomic mass is 16.4. The fourth-order valence-corrected chi connectivity index (χ4v) is 1.48. The van der Waals surface area contributed by atoms with Crippen molar-refractivity contribution in [3.8, 4) is 0 Å². The molecule has 0 atom stereocenters. The first-order chi connectivity index (χ1) is 6.70. The molecule has 0 saturated carbocycles. The second-order valence-corrected chi connectivity index (χ2v) is 3.21. The summed E-state index contributed by atoms with van der Waals surface area (Å²) < 4.78 is 5.09. The standard InChI is InChI=1S/C11H11NO2/c1-7-5-11(13)14-10-6-8(12-2)3-4-9(7)10/h3-6,12H,1-2H3. The van der Waals surface area contributed by atoms with Gasteiger partial charge < -0.3 is 9.73 Å². The molecule has 0 radical (unpaired) electrons. The van der Waals surface area contributed by atoms with Crippen LogP contribution in [0.1, 0.15) is 5.56 Å². The van der Waals surface area contributed by atoms with Crippen LogP contribution in [-0.2, 0) is 0 Å². The van der Waals surface area contributed by atoms with Gasteiger partial charge in [-0.25, -0.2) is 4.79 Å². The molecule has 0 saturated heterocycles. The van der Waals surface area contributed by atoms with Crippen LogP contribution in [0.2, 0.25) is 0 Å². The minimum atomic E-state index is -0.303. The highest BCUT2D eigenvalue weighted by molar-refractivity contribution is 5.83. The van der Waals surface area contributed by atoms with Gasteiger partial charge in [0.2, 0.25) is 0 Å². The van der Waals surface area contributed by atoms with Crippen LogP contribution in [0.5, 0.6) is 0 Å². The van der Waals surface area contributed by atoms with Gasteiger partial charge in [0.05, 0.1) is 0 Å². The van der Waals surface area contributed by atoms with Crippen molar-refractivity contribution in [2.24, 2.45) is 0 Å². The average molecular weight is 189 g/mol. The van der Waals surface area contributed by atoms with Gasteiger partial charge in [-0.2, -0.15) is 0 Å². The Morgan fingerprint density at radius 3 is 2.79 bits per heavy atom. The molecule has 0 aliphatic heterocycles. The Morgan fingerprint density at radius 1 is 1.29 bits per heavy atom. The summed E-state index contributed by atoms with van der Waals surface area (Å²) in [4.78, 5) is 11.1. The molecular weight excluding hydrogens is 178 g/mol. The minimum Gasteiger partial charge on any atom is -0.423 e. The van der Waals surface area contributed by atoms with Gasteiger partial charge >= 0.3 is 5.63 Å². The van der Waals surface area contributed by atoms with Crippen LogP contribution in [0.25, 0.3) is 11.0 Å². The van der Waals surface area contributed by atoms with Crippen molar-refractivity contribution >= 4 is 16.7 Å². The van der Waals surface area contributed by atoms with Crippen molar-refractivity contribution in [3.05, 3.63) is 40.2 Å². The number of fused-ring (bicyclic) bond motifs is 1. The van der Waals surface area contributed by atoms with Crippen LogP contribution >= 0.6 is 0 Å². The van der Waals surface area contributed by atoms with Crippen LogP contribution in [0.4, 0.5) is 5.69 Å². The second-order valence-electron chi connectivity index (χ2n) is 3.21. The minimum absolute atomic E-state index is 0.303. The van der Waals surface area contributed by atoms with Crippen molar-refractivity contribution in [1.82, 2.24) is 0 Å². The molecule has 2 aromatic rings. The van der Waals surface area contributed by atoms with E-state index < -0.39 is 0 Å². The summed E-state index contributed by atoms with van der Waals surface area (Å²) in [6.07, 6.45) is 0. The van der Waals surface area contributed by atoms with Crippen LogP contribution in [-0.4, -0.2) is 7.05 Å². The number of aryl methyl sites for hydroxylation is 1. The molecule has 0 bridgehead atoms. The molecule has 0 spiro atoms. The summed E-state index contributed by atoms with van der Waals surface area (Å²) in [7, 11) is 1.83. The van der Waals surface area contributed by atoms with Crippen LogP contribution < -0.4 is 10.9 Å². The van der Waals surface area contributed by atoms with E-state index in [9.17, 15) is 4.79 Å². The lowest BCUT2D eigenvalue weighted by Crippen LogP contribution is -1.98. The number of hydrogen-bond donors (Lipinski definition) is 1. The highest BCUT2D eigenvalue weighted by Crippen LogP contribution is 2.19. The summed E-state index contributed by atoms with van der Waals surface area (Å²) >= 11 is 0. The smallest absolute Gasteiger partial charge is 0.336 e. The van der Waals surface area contributed by atoms with Crippen LogP contribution in [0.3, 0.4) is 0 Å². The fraction of sp³-hybridized carbons (Fsp3) is 0.182. The SMILES string of the molecule is CNc1ccc2c(C)cc(=O)oc2c1. The van der Waals surface area contributed by atoms with Gasteiger partial charge in [-0.3, -0.25) is 0 Å². The predicted octanol–water partition coefficient (Wildman–Crippen LogP) is 2.14. The monoisotopic (exact) mass is 189 g/mol. The largest absolute Gasteiger partial charge is 0.423 e. The van der Waals surface area contributed by atoms with E-state index >= 15 is 0 Å². The van der Waals surface area contributed by atoms with Crippen molar-refractivity contribution in [2.45, 2.75) is 6.92 Å². The van der Waals surface area contributed by atoms with Gasteiger partial charge in [-0.15, -0.1) is 0 Å². The molecule has 0 fully saturated rings.